The minimum Gasteiger partial charge on any atom is -0.460 e. The molecule has 2 aromatic rings. The summed E-state index contributed by atoms with van der Waals surface area (Å²) in [7, 11) is 0. The summed E-state index contributed by atoms with van der Waals surface area (Å²) in [5, 5.41) is 5.02. The minimum atomic E-state index is -0.812. The van der Waals surface area contributed by atoms with Crippen LogP contribution in [0.2, 0.25) is 0 Å². The van der Waals surface area contributed by atoms with Crippen LogP contribution in [0, 0.1) is 17.7 Å². The summed E-state index contributed by atoms with van der Waals surface area (Å²) in [4.78, 5) is 44.6. The van der Waals surface area contributed by atoms with Gasteiger partial charge in [0.2, 0.25) is 0 Å². The predicted octanol–water partition coefficient (Wildman–Crippen LogP) is 5.25. The maximum absolute atomic E-state index is 15.9. The average molecular weight is 548 g/mol. The van der Waals surface area contributed by atoms with Crippen LogP contribution >= 0.6 is 11.3 Å². The molecule has 2 aromatic heterocycles. The Hall–Kier alpha value is -3.05. The highest BCUT2D eigenvalue weighted by atomic mass is 32.1. The Morgan fingerprint density at radius 3 is 2.76 bits per heavy atom. The summed E-state index contributed by atoms with van der Waals surface area (Å²) in [5.74, 6) is -1.90. The monoisotopic (exact) mass is 547 g/mol. The Morgan fingerprint density at radius 1 is 1.34 bits per heavy atom. The van der Waals surface area contributed by atoms with E-state index in [2.05, 4.69) is 10.3 Å². The first-order valence-corrected chi connectivity index (χ1v) is 13.6. The molecule has 2 aliphatic heterocycles. The second kappa shape index (κ2) is 11.4. The van der Waals surface area contributed by atoms with Crippen LogP contribution in [0.3, 0.4) is 0 Å². The molecule has 4 rings (SSSR count). The summed E-state index contributed by atoms with van der Waals surface area (Å²) < 4.78 is 32.2. The quantitative estimate of drug-likeness (QED) is 0.469. The van der Waals surface area contributed by atoms with Crippen LogP contribution in [0.25, 0.3) is 10.6 Å². The van der Waals surface area contributed by atoms with Crippen LogP contribution in [0.5, 0.6) is 0 Å². The van der Waals surface area contributed by atoms with E-state index in [0.29, 0.717) is 30.2 Å². The maximum atomic E-state index is 15.9. The summed E-state index contributed by atoms with van der Waals surface area (Å²) in [6.07, 6.45) is -0.174. The average Bonchev–Trinajstić information content (AvgIpc) is 3.48. The van der Waals surface area contributed by atoms with Crippen LogP contribution < -0.4 is 5.32 Å². The predicted molar refractivity (Wildman–Crippen MR) is 140 cm³/mol. The molecule has 38 heavy (non-hydrogen) atoms. The van der Waals surface area contributed by atoms with Crippen LogP contribution in [0.1, 0.15) is 63.4 Å². The lowest BCUT2D eigenvalue weighted by Gasteiger charge is -2.33. The van der Waals surface area contributed by atoms with Gasteiger partial charge in [-0.2, -0.15) is 0 Å². The Labute approximate surface area is 225 Å². The van der Waals surface area contributed by atoms with E-state index in [1.165, 1.54) is 11.3 Å². The molecule has 0 spiro atoms. The molecule has 0 aromatic carbocycles. The van der Waals surface area contributed by atoms with Crippen molar-refractivity contribution in [2.24, 2.45) is 11.8 Å². The standard InChI is InChI=1S/C27H34FN3O6S/c1-15(2)13-36-26(34)31-12-17-21(25(31)33)23(19-7-6-10-38-19)30-24(22(17)28)29-18-8-9-35-14-16(18)11-20(32)37-27(3,4)5/h6-7,10,15-16,18H,8-9,11-14H2,1-5H3,(H,29,30)/t16-,18+/m0/s1. The van der Waals surface area contributed by atoms with Gasteiger partial charge in [-0.3, -0.25) is 9.59 Å². The first kappa shape index (κ1) is 28.0. The fourth-order valence-electron chi connectivity index (χ4n) is 4.47. The zero-order valence-corrected chi connectivity index (χ0v) is 23.2. The fourth-order valence-corrected chi connectivity index (χ4v) is 5.19. The molecule has 0 unspecified atom stereocenters. The lowest BCUT2D eigenvalue weighted by Crippen LogP contribution is -2.40. The number of ether oxygens (including phenoxy) is 3. The van der Waals surface area contributed by atoms with Gasteiger partial charge in [0, 0.05) is 24.1 Å². The molecule has 2 atom stereocenters. The topological polar surface area (TPSA) is 107 Å². The number of imide groups is 1. The molecule has 2 amide bonds. The van der Waals surface area contributed by atoms with Gasteiger partial charge in [0.15, 0.2) is 11.6 Å². The molecule has 1 fully saturated rings. The highest BCUT2D eigenvalue weighted by Crippen LogP contribution is 2.38. The number of esters is 1. The zero-order chi connectivity index (χ0) is 27.6. The van der Waals surface area contributed by atoms with Crippen molar-refractivity contribution in [1.82, 2.24) is 9.88 Å². The lowest BCUT2D eigenvalue weighted by molar-refractivity contribution is -0.157. The van der Waals surface area contributed by atoms with Crippen molar-refractivity contribution in [2.75, 3.05) is 25.1 Å². The smallest absolute Gasteiger partial charge is 0.417 e. The number of nitrogens with one attached hydrogen (secondary N) is 1. The molecule has 11 heteroatoms. The first-order chi connectivity index (χ1) is 17.9. The van der Waals surface area contributed by atoms with Gasteiger partial charge in [-0.25, -0.2) is 19.1 Å². The molecule has 0 bridgehead atoms. The van der Waals surface area contributed by atoms with Gasteiger partial charge >= 0.3 is 12.1 Å². The molecule has 4 heterocycles. The molecular formula is C27H34FN3O6S. The van der Waals surface area contributed by atoms with Crippen molar-refractivity contribution in [1.29, 1.82) is 0 Å². The first-order valence-electron chi connectivity index (χ1n) is 12.8. The fraction of sp³-hybridized carbons (Fsp3) is 0.556. The molecule has 206 valence electrons. The summed E-state index contributed by atoms with van der Waals surface area (Å²) in [5.41, 5.74) is -0.158. The number of aromatic nitrogens is 1. The maximum Gasteiger partial charge on any atom is 0.417 e. The Balaban J connectivity index is 1.64. The van der Waals surface area contributed by atoms with E-state index in [-0.39, 0.29) is 60.4 Å². The number of hydrogen-bond acceptors (Lipinski definition) is 9. The van der Waals surface area contributed by atoms with Crippen LogP contribution in [-0.4, -0.2) is 59.3 Å². The van der Waals surface area contributed by atoms with Gasteiger partial charge in [0.05, 0.1) is 42.3 Å². The van der Waals surface area contributed by atoms with Gasteiger partial charge in [-0.1, -0.05) is 19.9 Å². The second-order valence-electron chi connectivity index (χ2n) is 11.0. The van der Waals surface area contributed by atoms with Crippen molar-refractivity contribution in [3.05, 3.63) is 34.5 Å². The highest BCUT2D eigenvalue weighted by Gasteiger charge is 2.40. The number of carbonyl (C=O) groups is 3. The van der Waals surface area contributed by atoms with E-state index in [1.54, 1.807) is 26.8 Å². The van der Waals surface area contributed by atoms with Crippen molar-refractivity contribution in [3.63, 3.8) is 0 Å². The molecule has 0 radical (unpaired) electrons. The third-order valence-electron chi connectivity index (χ3n) is 6.17. The van der Waals surface area contributed by atoms with Crippen LogP contribution in [-0.2, 0) is 25.5 Å². The van der Waals surface area contributed by atoms with E-state index in [9.17, 15) is 14.4 Å². The Kier molecular flexibility index (Phi) is 8.37. The highest BCUT2D eigenvalue weighted by molar-refractivity contribution is 7.13. The third kappa shape index (κ3) is 6.32. The molecule has 2 aliphatic rings. The number of pyridine rings is 1. The molecule has 1 N–H and O–H groups in total. The Morgan fingerprint density at radius 2 is 2.11 bits per heavy atom. The van der Waals surface area contributed by atoms with Gasteiger partial charge in [0.25, 0.3) is 5.91 Å². The van der Waals surface area contributed by atoms with Crippen molar-refractivity contribution >= 4 is 35.1 Å². The summed E-state index contributed by atoms with van der Waals surface area (Å²) >= 11 is 1.36. The van der Waals surface area contributed by atoms with Gasteiger partial charge in [-0.15, -0.1) is 11.3 Å². The van der Waals surface area contributed by atoms with Gasteiger partial charge in [-0.05, 0) is 44.6 Å². The number of nitrogens with zero attached hydrogens (tertiary/aromatic N) is 2. The number of amides is 2. The number of rotatable bonds is 7. The van der Waals surface area contributed by atoms with Crippen LogP contribution in [0.15, 0.2) is 17.5 Å². The number of carbonyl (C=O) groups excluding carboxylic acids is 3. The van der Waals surface area contributed by atoms with Gasteiger partial charge < -0.3 is 19.5 Å². The largest absolute Gasteiger partial charge is 0.460 e. The van der Waals surface area contributed by atoms with Crippen LogP contribution in [0.4, 0.5) is 15.0 Å². The second-order valence-corrected chi connectivity index (χ2v) is 11.9. The normalized spacial score (nSPS) is 19.4. The summed E-state index contributed by atoms with van der Waals surface area (Å²) in [6, 6.07) is 3.30. The molecular weight excluding hydrogens is 513 g/mol. The number of halogens is 1. The molecule has 9 nitrogen and oxygen atoms in total. The molecule has 0 saturated carbocycles. The number of anilines is 1. The summed E-state index contributed by atoms with van der Waals surface area (Å²) in [6.45, 7) is 9.84. The van der Waals surface area contributed by atoms with E-state index >= 15 is 4.39 Å². The van der Waals surface area contributed by atoms with Gasteiger partial charge in [0.1, 0.15) is 5.60 Å². The number of hydrogen-bond donors (Lipinski definition) is 1. The number of thiophene rings is 1. The molecule has 0 aliphatic carbocycles. The molecule has 1 saturated heterocycles. The zero-order valence-electron chi connectivity index (χ0n) is 22.3. The Bertz CT molecular complexity index is 1190. The van der Waals surface area contributed by atoms with Crippen molar-refractivity contribution in [3.8, 4) is 10.6 Å². The third-order valence-corrected chi connectivity index (χ3v) is 7.05. The van der Waals surface area contributed by atoms with Crippen molar-refractivity contribution in [2.45, 2.75) is 65.6 Å². The minimum absolute atomic E-state index is 0.0292. The lowest BCUT2D eigenvalue weighted by atomic mass is 9.92. The van der Waals surface area contributed by atoms with E-state index in [4.69, 9.17) is 14.2 Å². The van der Waals surface area contributed by atoms with E-state index in [1.807, 2.05) is 25.3 Å². The number of fused-ring (bicyclic) bond motifs is 1. The SMILES string of the molecule is CC(C)COC(=O)N1Cc2c(F)c(N[C@@H]3CCOC[C@@H]3CC(=O)OC(C)(C)C)nc(-c3cccs3)c2C1=O. The van der Waals surface area contributed by atoms with E-state index < -0.39 is 23.4 Å². The van der Waals surface area contributed by atoms with Crippen molar-refractivity contribution < 1.29 is 33.0 Å². The van der Waals surface area contributed by atoms with E-state index in [0.717, 1.165) is 4.90 Å².